The van der Waals surface area contributed by atoms with Gasteiger partial charge in [-0.3, -0.25) is 0 Å². The second-order valence-electron chi connectivity index (χ2n) is 27.7. The van der Waals surface area contributed by atoms with Crippen LogP contribution in [0.2, 0.25) is 0 Å². The lowest BCUT2D eigenvalue weighted by Crippen LogP contribution is -2.45. The smallest absolute Gasteiger partial charge is 0.235 e. The molecule has 9 rings (SSSR count). The van der Waals surface area contributed by atoms with E-state index in [-0.39, 0.29) is 0 Å². The Bertz CT molecular complexity index is 4560. The van der Waals surface area contributed by atoms with E-state index in [1.54, 1.807) is 0 Å². The van der Waals surface area contributed by atoms with Gasteiger partial charge in [0.05, 0.1) is 83.5 Å². The molecule has 690 valence electrons. The number of benzene rings is 9. The zero-order valence-corrected chi connectivity index (χ0v) is 61.1. The number of halogens is 45. The van der Waals surface area contributed by atoms with Crippen LogP contribution in [0.3, 0.4) is 0 Å². The van der Waals surface area contributed by atoms with Gasteiger partial charge in [-0.25, -0.2) is 68.6 Å². The summed E-state index contributed by atoms with van der Waals surface area (Å²) >= 11 is 0. The Hall–Kier alpha value is -10.3. The van der Waals surface area contributed by atoms with Crippen molar-refractivity contribution in [3.63, 3.8) is 0 Å². The van der Waals surface area contributed by atoms with Crippen LogP contribution in [0, 0.1) is 52.4 Å². The van der Waals surface area contributed by atoms with Crippen LogP contribution in [0.4, 0.5) is 198 Å². The minimum atomic E-state index is -6.41. The second kappa shape index (κ2) is 33.9. The molecular weight excluding hydrogens is 1860 g/mol. The summed E-state index contributed by atoms with van der Waals surface area (Å²) in [5.41, 5.74) is -71.9. The van der Waals surface area contributed by atoms with Crippen LogP contribution >= 0.6 is 0 Å². The molecule has 9 aromatic rings. The van der Waals surface area contributed by atoms with E-state index in [4.69, 9.17) is 29.1 Å². The molecule has 0 aliphatic rings. The fourth-order valence-corrected chi connectivity index (χ4v) is 13.6. The Morgan fingerprint density at radius 2 is 0.291 bits per heavy atom. The summed E-state index contributed by atoms with van der Waals surface area (Å²) in [6, 6.07) is -20.1. The van der Waals surface area contributed by atoms with Crippen molar-refractivity contribution in [2.45, 2.75) is 129 Å². The molecule has 0 spiro atoms. The lowest BCUT2D eigenvalue weighted by molar-refractivity contribution is -0.414. The van der Waals surface area contributed by atoms with Crippen molar-refractivity contribution >= 4 is 7.32 Å². The highest BCUT2D eigenvalue weighted by atomic mass is 19.5. The zero-order valence-electron chi connectivity index (χ0n) is 61.1. The van der Waals surface area contributed by atoms with E-state index in [0.717, 1.165) is 0 Å². The van der Waals surface area contributed by atoms with Crippen LogP contribution in [-0.2, 0) is 120 Å². The van der Waals surface area contributed by atoms with Crippen LogP contribution in [0.5, 0.6) is 0 Å². The Balaban J connectivity index is 1.53. The first-order chi connectivity index (χ1) is 57.3. The summed E-state index contributed by atoms with van der Waals surface area (Å²) in [6.07, 6.45) is -76.9. The molecule has 6 nitrogen and oxygen atoms in total. The van der Waals surface area contributed by atoms with Crippen molar-refractivity contribution in [1.29, 1.82) is 0 Å². The summed E-state index contributed by atoms with van der Waals surface area (Å²) in [4.78, 5) is 29.7. The Kier molecular flexibility index (Phi) is 26.8. The maximum Gasteiger partial charge on any atom is 0.725 e. The SMILES string of the molecule is CC(OOB(OOC(C)(c1c(F)cc(F)cc1F)C(c1cc(C(F)(F)F)cc(C(F)(F)F)c1)c1cc(C(F)(F)F)cc(C(F)(F)F)c1)OOC(C)(c1c(F)cc(F)cc1F)C(c1cc(C(F)(F)F)cc(C(F)(F)F)c1)c1cc(C(F)(F)F)cc(C(F)(F)F)c1)(c1c(F)cc(F)cc1F)C(c1cc(C(F)(F)F)cc(C(F)(F)F)c1)c1cc(C(F)(F)F)cc(C(F)(F)F)c1. The number of hydrogen-bond donors (Lipinski definition) is 0. The van der Waals surface area contributed by atoms with Gasteiger partial charge in [0.25, 0.3) is 0 Å². The van der Waals surface area contributed by atoms with Crippen LogP contribution in [-0.4, -0.2) is 7.32 Å². The third-order valence-corrected chi connectivity index (χ3v) is 18.7. The van der Waals surface area contributed by atoms with Gasteiger partial charge in [0.1, 0.15) is 69.2 Å². The van der Waals surface area contributed by atoms with Crippen molar-refractivity contribution in [3.8, 4) is 0 Å². The molecule has 0 aliphatic heterocycles. The molecule has 0 heterocycles. The summed E-state index contributed by atoms with van der Waals surface area (Å²) in [5.74, 6) is -37.4. The molecular formula is C75H36BF45O6. The average molecular weight is 1900 g/mol. The summed E-state index contributed by atoms with van der Waals surface area (Å²) < 4.78 is 692. The molecule has 0 fully saturated rings. The van der Waals surface area contributed by atoms with Crippen LogP contribution in [0.25, 0.3) is 0 Å². The van der Waals surface area contributed by atoms with E-state index < -0.39 is 452 Å². The highest BCUT2D eigenvalue weighted by Crippen LogP contribution is 2.57. The normalized spacial score (nSPS) is 15.0. The standard InChI is InChI=1S/C75H36BF45O6/c1-61(58-49(80)22-46(77)23-50(58)81,55(28-4-34(64(86,87)88)16-35(5-28)65(89,90)91)29-6-36(66(92,93)94)17-37(7-29)67(95,96)97)122-125-76(126-123-62(2,59-51(82)24-47(78)25-52(59)83)56(30-8-38(68(98,99)100)18-39(9-30)69(101,102)103)31-10-40(70(104,105)106)19-41(11-31)71(107,108)109)127-124-63(3,60-53(84)26-48(79)27-54(60)85)57(32-12-42(72(110,111)112)20-43(13-32)73(113,114)115)33-14-44(74(116,117)118)21-45(15-33)75(119,120)121/h4-27,55-57H,1-3H3. The predicted molar refractivity (Wildman–Crippen MR) is 337 cm³/mol. The highest BCUT2D eigenvalue weighted by Gasteiger charge is 2.57. The van der Waals surface area contributed by atoms with Crippen molar-refractivity contribution in [2.24, 2.45) is 0 Å². The monoisotopic (exact) mass is 1900 g/mol. The van der Waals surface area contributed by atoms with Crippen molar-refractivity contribution in [2.75, 3.05) is 0 Å². The van der Waals surface area contributed by atoms with E-state index in [1.165, 1.54) is 0 Å². The largest absolute Gasteiger partial charge is 0.725 e. The first-order valence-electron chi connectivity index (χ1n) is 33.5. The highest BCUT2D eigenvalue weighted by molar-refractivity contribution is 6.35. The molecule has 9 aromatic carbocycles. The topological polar surface area (TPSA) is 55.4 Å². The zero-order chi connectivity index (χ0) is 96.3. The lowest BCUT2D eigenvalue weighted by atomic mass is 9.73. The molecule has 0 radical (unpaired) electrons. The average Bonchev–Trinajstić information content (AvgIpc) is 0.738. The quantitative estimate of drug-likeness (QED) is 0.0309. The van der Waals surface area contributed by atoms with Gasteiger partial charge in [-0.15, -0.1) is 0 Å². The van der Waals surface area contributed by atoms with Crippen molar-refractivity contribution < 1.29 is 227 Å². The summed E-state index contributed by atoms with van der Waals surface area (Å²) in [7, 11) is -5.05. The third kappa shape index (κ3) is 22.2. The van der Waals surface area contributed by atoms with Crippen molar-refractivity contribution in [3.05, 3.63) is 315 Å². The fraction of sp³-hybridized carbons (Fsp3) is 0.280. The Morgan fingerprint density at radius 3 is 0.394 bits per heavy atom. The number of rotatable bonds is 21. The minimum absolute atomic E-state index is 0.487. The third-order valence-electron chi connectivity index (χ3n) is 18.7. The molecule has 52 heteroatoms. The van der Waals surface area contributed by atoms with E-state index in [2.05, 4.69) is 0 Å². The van der Waals surface area contributed by atoms with Gasteiger partial charge < -0.3 is 0 Å². The number of alkyl halides is 36. The molecule has 0 aliphatic carbocycles. The fourth-order valence-electron chi connectivity index (χ4n) is 13.6. The Labute approximate surface area is 676 Å². The van der Waals surface area contributed by atoms with Crippen molar-refractivity contribution in [1.82, 2.24) is 0 Å². The molecule has 3 unspecified atom stereocenters. The van der Waals surface area contributed by atoms with E-state index >= 15 is 198 Å². The maximum absolute atomic E-state index is 17.2. The first-order valence-corrected chi connectivity index (χ1v) is 33.5. The molecule has 127 heavy (non-hydrogen) atoms. The maximum atomic E-state index is 17.2. The van der Waals surface area contributed by atoms with Gasteiger partial charge in [-0.2, -0.15) is 158 Å². The molecule has 0 aromatic heterocycles. The summed E-state index contributed by atoms with van der Waals surface area (Å²) in [5, 5.41) is 0. The molecule has 0 saturated carbocycles. The van der Waals surface area contributed by atoms with Gasteiger partial charge >= 0.3 is 81.4 Å². The van der Waals surface area contributed by atoms with Crippen LogP contribution in [0.15, 0.2) is 146 Å². The van der Waals surface area contributed by atoms with Crippen LogP contribution < -0.4 is 0 Å². The van der Waals surface area contributed by atoms with Gasteiger partial charge in [0.15, 0.2) is 0 Å². The lowest BCUT2D eigenvalue weighted by Gasteiger charge is -2.41. The number of hydrogen-bond acceptors (Lipinski definition) is 6. The van der Waals surface area contributed by atoms with Gasteiger partial charge in [-0.1, -0.05) is 0 Å². The van der Waals surface area contributed by atoms with Gasteiger partial charge in [-0.05, 0) is 163 Å². The predicted octanol–water partition coefficient (Wildman–Crippen LogP) is 28.5. The van der Waals surface area contributed by atoms with E-state index in [9.17, 15) is 0 Å². The Morgan fingerprint density at radius 1 is 0.181 bits per heavy atom. The van der Waals surface area contributed by atoms with Crippen LogP contribution in [0.1, 0.15) is 155 Å². The molecule has 0 N–H and O–H groups in total. The summed E-state index contributed by atoms with van der Waals surface area (Å²) in [6.45, 7) is -1.46. The first kappa shape index (κ1) is 100. The van der Waals surface area contributed by atoms with E-state index in [1.807, 2.05) is 0 Å². The molecule has 0 saturated heterocycles. The molecule has 0 amide bonds. The van der Waals surface area contributed by atoms with Gasteiger partial charge in [0.2, 0.25) is 0 Å². The van der Waals surface area contributed by atoms with E-state index in [0.29, 0.717) is 0 Å². The molecule has 0 bridgehead atoms. The molecule has 3 atom stereocenters. The minimum Gasteiger partial charge on any atom is -0.235 e. The van der Waals surface area contributed by atoms with Gasteiger partial charge in [0, 0.05) is 54.2 Å². The second-order valence-corrected chi connectivity index (χ2v) is 27.7.